The van der Waals surface area contributed by atoms with Gasteiger partial charge in [-0.3, -0.25) is 0 Å². The highest BCUT2D eigenvalue weighted by Crippen LogP contribution is 2.55. The second kappa shape index (κ2) is 6.66. The monoisotopic (exact) mass is 450 g/mol. The summed E-state index contributed by atoms with van der Waals surface area (Å²) in [4.78, 5) is 0. The summed E-state index contributed by atoms with van der Waals surface area (Å²) in [5.41, 5.74) is 9.00. The van der Waals surface area contributed by atoms with Crippen LogP contribution in [-0.4, -0.2) is 0 Å². The summed E-state index contributed by atoms with van der Waals surface area (Å²) in [6.07, 6.45) is 0. The minimum atomic E-state index is 0.0530. The predicted octanol–water partition coefficient (Wildman–Crippen LogP) is 10.3. The van der Waals surface area contributed by atoms with Crippen molar-refractivity contribution in [2.45, 2.75) is 105 Å². The van der Waals surface area contributed by atoms with Crippen molar-refractivity contribution in [2.24, 2.45) is 0 Å². The molecule has 0 fully saturated rings. The van der Waals surface area contributed by atoms with E-state index < -0.39 is 0 Å². The summed E-state index contributed by atoms with van der Waals surface area (Å²) in [5.74, 6) is 0. The summed E-state index contributed by atoms with van der Waals surface area (Å²) in [6, 6.07) is 14.7. The first-order valence-electron chi connectivity index (χ1n) is 13.0. The van der Waals surface area contributed by atoms with Crippen LogP contribution in [0.1, 0.15) is 105 Å². The zero-order chi connectivity index (χ0) is 25.2. The molecule has 1 aliphatic carbocycles. The Morgan fingerprint density at radius 3 is 0.971 bits per heavy atom. The summed E-state index contributed by atoms with van der Waals surface area (Å²) in [7, 11) is 0. The molecule has 0 N–H and O–H groups in total. The van der Waals surface area contributed by atoms with Crippen LogP contribution in [0.15, 0.2) is 36.4 Å². The largest absolute Gasteiger partial charge is 0.0572 e. The lowest BCUT2D eigenvalue weighted by Gasteiger charge is -2.31. The van der Waals surface area contributed by atoms with E-state index in [1.54, 1.807) is 0 Å². The lowest BCUT2D eigenvalue weighted by atomic mass is 9.73. The molecule has 0 saturated carbocycles. The molecule has 0 nitrogen and oxygen atoms in total. The van der Waals surface area contributed by atoms with E-state index in [-0.39, 0.29) is 21.7 Å². The smallest absolute Gasteiger partial charge is 0.000814 e. The van der Waals surface area contributed by atoms with Gasteiger partial charge < -0.3 is 0 Å². The van der Waals surface area contributed by atoms with Gasteiger partial charge in [0.2, 0.25) is 0 Å². The molecule has 4 aromatic carbocycles. The Bertz CT molecular complexity index is 1390. The fourth-order valence-electron chi connectivity index (χ4n) is 6.24. The maximum Gasteiger partial charge on any atom is -0.000814 e. The van der Waals surface area contributed by atoms with Gasteiger partial charge in [-0.25, -0.2) is 0 Å². The van der Waals surface area contributed by atoms with E-state index in [4.69, 9.17) is 0 Å². The fraction of sp³-hybridized carbons (Fsp3) is 0.471. The Kier molecular flexibility index (Phi) is 4.58. The highest BCUT2D eigenvalue weighted by molar-refractivity contribution is 6.35. The van der Waals surface area contributed by atoms with Gasteiger partial charge in [-0.15, -0.1) is 0 Å². The van der Waals surface area contributed by atoms with E-state index in [1.807, 2.05) is 0 Å². The van der Waals surface area contributed by atoms with Crippen molar-refractivity contribution in [3.8, 4) is 11.1 Å². The Morgan fingerprint density at radius 2 is 0.676 bits per heavy atom. The standard InChI is InChI=1S/C34H42/c1-31(2,3)23-15-13-19-20-14-16-24(32(4,5)6)22-18-26(34(10,11)12)29-25(33(7,8)9)17-21(23)27(19)30(29)28(20)22/h13-18H,1-12H3. The molecule has 0 saturated heterocycles. The average Bonchev–Trinajstić information content (AvgIpc) is 3.00. The molecule has 0 amide bonds. The SMILES string of the molecule is CC(C)(C)c1ccc2c3c1cc(C(C)(C)C)c1c(C(C)(C)C)cc4c(C(C)(C)C)ccc-2c4c13. The quantitative estimate of drug-likeness (QED) is 0.206. The zero-order valence-corrected chi connectivity index (χ0v) is 23.5. The van der Waals surface area contributed by atoms with Crippen molar-refractivity contribution in [3.63, 3.8) is 0 Å². The molecule has 0 aliphatic heterocycles. The van der Waals surface area contributed by atoms with Crippen molar-refractivity contribution >= 4 is 32.3 Å². The molecule has 4 aromatic rings. The lowest BCUT2D eigenvalue weighted by molar-refractivity contribution is 0.579. The third kappa shape index (κ3) is 3.17. The van der Waals surface area contributed by atoms with Gasteiger partial charge in [0.15, 0.2) is 0 Å². The van der Waals surface area contributed by atoms with Gasteiger partial charge in [0, 0.05) is 0 Å². The van der Waals surface area contributed by atoms with E-state index in [1.165, 1.54) is 65.7 Å². The molecule has 0 atom stereocenters. The molecule has 34 heavy (non-hydrogen) atoms. The topological polar surface area (TPSA) is 0 Å². The first kappa shape index (κ1) is 23.4. The Labute approximate surface area is 206 Å². The predicted molar refractivity (Wildman–Crippen MR) is 153 cm³/mol. The molecule has 0 radical (unpaired) electrons. The van der Waals surface area contributed by atoms with Crippen molar-refractivity contribution in [1.29, 1.82) is 0 Å². The lowest BCUT2D eigenvalue weighted by Crippen LogP contribution is -2.19. The maximum atomic E-state index is 2.55. The van der Waals surface area contributed by atoms with Crippen LogP contribution in [0.5, 0.6) is 0 Å². The van der Waals surface area contributed by atoms with Crippen LogP contribution in [-0.2, 0) is 21.7 Å². The molecule has 0 unspecified atom stereocenters. The molecule has 1 aliphatic rings. The third-order valence-electron chi connectivity index (χ3n) is 7.88. The number of hydrogen-bond acceptors (Lipinski definition) is 0. The molecule has 0 spiro atoms. The average molecular weight is 451 g/mol. The van der Waals surface area contributed by atoms with E-state index in [2.05, 4.69) is 119 Å². The summed E-state index contributed by atoms with van der Waals surface area (Å²) < 4.78 is 0. The summed E-state index contributed by atoms with van der Waals surface area (Å²) >= 11 is 0. The van der Waals surface area contributed by atoms with Crippen LogP contribution in [0, 0.1) is 0 Å². The fourth-order valence-corrected chi connectivity index (χ4v) is 6.24. The van der Waals surface area contributed by atoms with Crippen LogP contribution in [0.2, 0.25) is 0 Å². The zero-order valence-electron chi connectivity index (χ0n) is 23.5. The van der Waals surface area contributed by atoms with E-state index in [9.17, 15) is 0 Å². The van der Waals surface area contributed by atoms with E-state index >= 15 is 0 Å². The van der Waals surface area contributed by atoms with Gasteiger partial charge in [0.25, 0.3) is 0 Å². The van der Waals surface area contributed by atoms with E-state index in [0.29, 0.717) is 0 Å². The maximum absolute atomic E-state index is 2.55. The van der Waals surface area contributed by atoms with Crippen LogP contribution in [0.4, 0.5) is 0 Å². The van der Waals surface area contributed by atoms with Crippen molar-refractivity contribution in [1.82, 2.24) is 0 Å². The van der Waals surface area contributed by atoms with Gasteiger partial charge >= 0.3 is 0 Å². The van der Waals surface area contributed by atoms with Crippen LogP contribution < -0.4 is 0 Å². The molecule has 0 heteroatoms. The third-order valence-corrected chi connectivity index (χ3v) is 7.88. The Balaban J connectivity index is 2.19. The number of fused-ring (bicyclic) bond motifs is 1. The number of benzene rings is 4. The van der Waals surface area contributed by atoms with Crippen LogP contribution in [0.3, 0.4) is 0 Å². The van der Waals surface area contributed by atoms with Crippen molar-refractivity contribution in [2.75, 3.05) is 0 Å². The van der Waals surface area contributed by atoms with Gasteiger partial charge in [-0.1, -0.05) is 107 Å². The molecule has 0 aromatic heterocycles. The van der Waals surface area contributed by atoms with Crippen molar-refractivity contribution in [3.05, 3.63) is 58.7 Å². The van der Waals surface area contributed by atoms with Gasteiger partial charge in [-0.2, -0.15) is 0 Å². The van der Waals surface area contributed by atoms with Gasteiger partial charge in [0.05, 0.1) is 0 Å². The minimum Gasteiger partial charge on any atom is -0.0572 e. The number of rotatable bonds is 0. The molecule has 5 rings (SSSR count). The second-order valence-corrected chi connectivity index (χ2v) is 14.8. The van der Waals surface area contributed by atoms with Crippen molar-refractivity contribution < 1.29 is 0 Å². The highest BCUT2D eigenvalue weighted by atomic mass is 14.4. The van der Waals surface area contributed by atoms with Gasteiger partial charge in [0.1, 0.15) is 0 Å². The molecule has 0 bridgehead atoms. The molecular weight excluding hydrogens is 408 g/mol. The van der Waals surface area contributed by atoms with Gasteiger partial charge in [-0.05, 0) is 99.5 Å². The first-order chi connectivity index (χ1) is 15.4. The molecular formula is C34H42. The highest BCUT2D eigenvalue weighted by Gasteiger charge is 2.33. The Morgan fingerprint density at radius 1 is 0.353 bits per heavy atom. The molecule has 178 valence electrons. The molecule has 0 heterocycles. The normalized spacial score (nSPS) is 14.5. The van der Waals surface area contributed by atoms with Crippen LogP contribution >= 0.6 is 0 Å². The summed E-state index contributed by atoms with van der Waals surface area (Å²) in [5, 5.41) is 8.86. The second-order valence-electron chi connectivity index (χ2n) is 14.8. The van der Waals surface area contributed by atoms with Crippen LogP contribution in [0.25, 0.3) is 43.4 Å². The van der Waals surface area contributed by atoms with E-state index in [0.717, 1.165) is 0 Å². The Hall–Kier alpha value is -2.34. The first-order valence-corrected chi connectivity index (χ1v) is 13.0. The minimum absolute atomic E-state index is 0.0530. The summed E-state index contributed by atoms with van der Waals surface area (Å²) in [6.45, 7) is 28.4. The number of hydrogen-bond donors (Lipinski definition) is 0.